The van der Waals surface area contributed by atoms with Crippen molar-refractivity contribution in [2.24, 2.45) is 5.92 Å². The average molecular weight is 341 g/mol. The van der Waals surface area contributed by atoms with E-state index in [-0.39, 0.29) is 23.9 Å². The molecule has 0 aliphatic rings. The summed E-state index contributed by atoms with van der Waals surface area (Å²) in [7, 11) is 0. The number of hydrogen-bond acceptors (Lipinski definition) is 3. The number of nitrogens with zero attached hydrogens (tertiary/aromatic N) is 1. The number of aryl methyl sites for hydroxylation is 1. The Kier molecular flexibility index (Phi) is 6.11. The van der Waals surface area contributed by atoms with Crippen LogP contribution in [0.1, 0.15) is 29.8 Å². The van der Waals surface area contributed by atoms with Crippen molar-refractivity contribution in [2.45, 2.75) is 27.3 Å². The van der Waals surface area contributed by atoms with Gasteiger partial charge in [0.05, 0.1) is 0 Å². The molecule has 2 rings (SSSR count). The van der Waals surface area contributed by atoms with Crippen molar-refractivity contribution in [3.63, 3.8) is 0 Å². The van der Waals surface area contributed by atoms with Gasteiger partial charge in [-0.25, -0.2) is 0 Å². The van der Waals surface area contributed by atoms with Crippen LogP contribution < -0.4 is 16.2 Å². The molecule has 0 radical (unpaired) electrons. The topological polar surface area (TPSA) is 80.2 Å². The number of hydrogen-bond donors (Lipinski definition) is 2. The number of aromatic nitrogens is 1. The van der Waals surface area contributed by atoms with Crippen molar-refractivity contribution < 1.29 is 9.59 Å². The van der Waals surface area contributed by atoms with E-state index in [1.165, 1.54) is 4.57 Å². The minimum absolute atomic E-state index is 0.0584. The van der Waals surface area contributed by atoms with Gasteiger partial charge < -0.3 is 15.2 Å². The fraction of sp³-hybridized carbons (Fsp3) is 0.316. The fourth-order valence-corrected chi connectivity index (χ4v) is 2.24. The summed E-state index contributed by atoms with van der Waals surface area (Å²) in [6.45, 7) is 6.32. The van der Waals surface area contributed by atoms with E-state index in [1.807, 2.05) is 13.8 Å². The second-order valence-corrected chi connectivity index (χ2v) is 6.35. The molecule has 0 atom stereocenters. The van der Waals surface area contributed by atoms with E-state index in [1.54, 1.807) is 49.5 Å². The number of nitrogens with one attached hydrogen (secondary N) is 2. The molecule has 1 aromatic carbocycles. The van der Waals surface area contributed by atoms with Gasteiger partial charge in [0, 0.05) is 29.6 Å². The van der Waals surface area contributed by atoms with Crippen LogP contribution in [-0.4, -0.2) is 22.9 Å². The predicted molar refractivity (Wildman–Crippen MR) is 97.7 cm³/mol. The van der Waals surface area contributed by atoms with E-state index < -0.39 is 0 Å². The second-order valence-electron chi connectivity index (χ2n) is 6.35. The molecule has 0 aliphatic heterocycles. The summed E-state index contributed by atoms with van der Waals surface area (Å²) in [6.07, 6.45) is 1.58. The van der Waals surface area contributed by atoms with Crippen LogP contribution in [-0.2, 0) is 11.3 Å². The van der Waals surface area contributed by atoms with Crippen LogP contribution in [0.2, 0.25) is 0 Å². The Bertz CT molecular complexity index is 807. The van der Waals surface area contributed by atoms with Crippen molar-refractivity contribution in [1.82, 2.24) is 9.88 Å². The van der Waals surface area contributed by atoms with E-state index in [2.05, 4.69) is 10.6 Å². The Hall–Kier alpha value is -2.89. The normalized spacial score (nSPS) is 10.6. The Morgan fingerprint density at radius 2 is 1.80 bits per heavy atom. The Morgan fingerprint density at radius 3 is 2.44 bits per heavy atom. The molecular weight excluding hydrogens is 318 g/mol. The fourth-order valence-electron chi connectivity index (χ4n) is 2.24. The average Bonchev–Trinajstić information content (AvgIpc) is 2.57. The Morgan fingerprint density at radius 1 is 1.12 bits per heavy atom. The van der Waals surface area contributed by atoms with Gasteiger partial charge >= 0.3 is 0 Å². The minimum atomic E-state index is -0.301. The van der Waals surface area contributed by atoms with Crippen molar-refractivity contribution >= 4 is 17.5 Å². The SMILES string of the molecule is Cc1cccn(CC(=O)Nc2ccc(C(=O)NCC(C)C)cc2)c1=O. The van der Waals surface area contributed by atoms with Crippen LogP contribution in [0, 0.1) is 12.8 Å². The lowest BCUT2D eigenvalue weighted by molar-refractivity contribution is -0.116. The molecule has 1 heterocycles. The highest BCUT2D eigenvalue weighted by Crippen LogP contribution is 2.10. The zero-order valence-electron chi connectivity index (χ0n) is 14.7. The number of benzene rings is 1. The highest BCUT2D eigenvalue weighted by Gasteiger charge is 2.08. The van der Waals surface area contributed by atoms with Gasteiger partial charge in [0.25, 0.3) is 11.5 Å². The molecule has 0 unspecified atom stereocenters. The first-order chi connectivity index (χ1) is 11.9. The van der Waals surface area contributed by atoms with E-state index >= 15 is 0 Å². The largest absolute Gasteiger partial charge is 0.352 e. The lowest BCUT2D eigenvalue weighted by Gasteiger charge is -2.10. The summed E-state index contributed by atoms with van der Waals surface area (Å²) >= 11 is 0. The van der Waals surface area contributed by atoms with Gasteiger partial charge in [-0.2, -0.15) is 0 Å². The van der Waals surface area contributed by atoms with Crippen LogP contribution in [0.4, 0.5) is 5.69 Å². The van der Waals surface area contributed by atoms with Crippen LogP contribution in [0.15, 0.2) is 47.4 Å². The molecule has 2 aromatic rings. The summed E-state index contributed by atoms with van der Waals surface area (Å²) in [5.74, 6) is -0.0601. The van der Waals surface area contributed by atoms with Crippen molar-refractivity contribution in [2.75, 3.05) is 11.9 Å². The van der Waals surface area contributed by atoms with Gasteiger partial charge in [-0.3, -0.25) is 14.4 Å². The maximum Gasteiger partial charge on any atom is 0.253 e. The summed E-state index contributed by atoms with van der Waals surface area (Å²) < 4.78 is 1.36. The number of carbonyl (C=O) groups excluding carboxylic acids is 2. The Labute approximate surface area is 146 Å². The molecule has 1 aromatic heterocycles. The number of amides is 2. The third-order valence-electron chi connectivity index (χ3n) is 3.63. The van der Waals surface area contributed by atoms with E-state index in [0.717, 1.165) is 0 Å². The maximum atomic E-state index is 12.1. The van der Waals surface area contributed by atoms with Crippen LogP contribution in [0.3, 0.4) is 0 Å². The molecule has 0 spiro atoms. The van der Waals surface area contributed by atoms with Gasteiger partial charge in [-0.05, 0) is 43.2 Å². The molecule has 0 saturated heterocycles. The van der Waals surface area contributed by atoms with Gasteiger partial charge in [0.1, 0.15) is 6.54 Å². The molecule has 0 aliphatic carbocycles. The quantitative estimate of drug-likeness (QED) is 0.845. The molecule has 0 bridgehead atoms. The maximum absolute atomic E-state index is 12.1. The molecule has 132 valence electrons. The minimum Gasteiger partial charge on any atom is -0.352 e. The van der Waals surface area contributed by atoms with E-state index in [4.69, 9.17) is 0 Å². The van der Waals surface area contributed by atoms with Crippen LogP contribution in [0.25, 0.3) is 0 Å². The molecule has 2 amide bonds. The smallest absolute Gasteiger partial charge is 0.253 e. The van der Waals surface area contributed by atoms with Gasteiger partial charge in [0.2, 0.25) is 5.91 Å². The van der Waals surface area contributed by atoms with Crippen LogP contribution in [0.5, 0.6) is 0 Å². The highest BCUT2D eigenvalue weighted by molar-refractivity contribution is 5.95. The number of carbonyl (C=O) groups is 2. The Balaban J connectivity index is 1.96. The van der Waals surface area contributed by atoms with Gasteiger partial charge in [-0.1, -0.05) is 19.9 Å². The van der Waals surface area contributed by atoms with E-state index in [0.29, 0.717) is 29.3 Å². The van der Waals surface area contributed by atoms with Gasteiger partial charge in [-0.15, -0.1) is 0 Å². The predicted octanol–water partition coefficient (Wildman–Crippen LogP) is 2.18. The van der Waals surface area contributed by atoms with Crippen molar-refractivity contribution in [3.8, 4) is 0 Å². The molecular formula is C19H23N3O3. The molecule has 2 N–H and O–H groups in total. The lowest BCUT2D eigenvalue weighted by Crippen LogP contribution is -2.28. The van der Waals surface area contributed by atoms with Crippen LogP contribution >= 0.6 is 0 Å². The third-order valence-corrected chi connectivity index (χ3v) is 3.63. The highest BCUT2D eigenvalue weighted by atomic mass is 16.2. The summed E-state index contributed by atoms with van der Waals surface area (Å²) in [5.41, 5.74) is 1.52. The molecule has 6 heteroatoms. The molecule has 6 nitrogen and oxygen atoms in total. The standard InChI is InChI=1S/C19H23N3O3/c1-13(2)11-20-18(24)15-6-8-16(9-7-15)21-17(23)12-22-10-4-5-14(3)19(22)25/h4-10,13H,11-12H2,1-3H3,(H,20,24)(H,21,23). The zero-order chi connectivity index (χ0) is 18.4. The number of rotatable bonds is 6. The third kappa shape index (κ3) is 5.31. The number of pyridine rings is 1. The second kappa shape index (κ2) is 8.28. The molecule has 0 saturated carbocycles. The molecule has 25 heavy (non-hydrogen) atoms. The zero-order valence-corrected chi connectivity index (χ0v) is 14.7. The lowest BCUT2D eigenvalue weighted by atomic mass is 10.1. The first kappa shape index (κ1) is 18.4. The summed E-state index contributed by atoms with van der Waals surface area (Å²) in [5, 5.41) is 5.56. The number of anilines is 1. The first-order valence-corrected chi connectivity index (χ1v) is 8.21. The first-order valence-electron chi connectivity index (χ1n) is 8.21. The summed E-state index contributed by atoms with van der Waals surface area (Å²) in [4.78, 5) is 36.0. The van der Waals surface area contributed by atoms with Gasteiger partial charge in [0.15, 0.2) is 0 Å². The van der Waals surface area contributed by atoms with E-state index in [9.17, 15) is 14.4 Å². The monoisotopic (exact) mass is 341 g/mol. The van der Waals surface area contributed by atoms with Crippen molar-refractivity contribution in [3.05, 3.63) is 64.1 Å². The summed E-state index contributed by atoms with van der Waals surface area (Å²) in [6, 6.07) is 10.1. The van der Waals surface area contributed by atoms with Crippen molar-refractivity contribution in [1.29, 1.82) is 0 Å². The molecule has 0 fully saturated rings.